The van der Waals surface area contributed by atoms with E-state index in [2.05, 4.69) is 29.6 Å². The Hall–Kier alpha value is -2.95. The Balaban J connectivity index is 1.45. The molecule has 1 N–H and O–H groups in total. The molecule has 28 heavy (non-hydrogen) atoms. The SMILES string of the molecule is CC(=O)c1cccc(NC(=O)CC(=O)N2CCC(Cc3ccccc3)CC2)c1. The zero-order chi connectivity index (χ0) is 19.9. The number of piperidine rings is 1. The molecule has 0 bridgehead atoms. The maximum absolute atomic E-state index is 12.4. The van der Waals surface area contributed by atoms with Crippen LogP contribution in [0.5, 0.6) is 0 Å². The number of hydrogen-bond acceptors (Lipinski definition) is 3. The molecule has 1 aliphatic heterocycles. The zero-order valence-corrected chi connectivity index (χ0v) is 16.2. The number of Topliss-reactive ketones (excluding diaryl/α,β-unsaturated/α-hetero) is 1. The van der Waals surface area contributed by atoms with Crippen LogP contribution in [-0.4, -0.2) is 35.6 Å². The van der Waals surface area contributed by atoms with Crippen molar-refractivity contribution in [3.8, 4) is 0 Å². The van der Waals surface area contributed by atoms with E-state index in [1.165, 1.54) is 12.5 Å². The van der Waals surface area contributed by atoms with Gasteiger partial charge in [0, 0.05) is 24.3 Å². The lowest BCUT2D eigenvalue weighted by atomic mass is 9.90. The number of hydrogen-bond donors (Lipinski definition) is 1. The predicted octanol–water partition coefficient (Wildman–Crippen LogP) is 3.70. The summed E-state index contributed by atoms with van der Waals surface area (Å²) in [6.07, 6.45) is 2.79. The molecule has 2 amide bonds. The van der Waals surface area contributed by atoms with Crippen molar-refractivity contribution in [1.82, 2.24) is 4.90 Å². The summed E-state index contributed by atoms with van der Waals surface area (Å²) in [5.74, 6) is 0.0237. The minimum absolute atomic E-state index is 0.0643. The summed E-state index contributed by atoms with van der Waals surface area (Å²) in [6, 6.07) is 17.2. The topological polar surface area (TPSA) is 66.5 Å². The minimum Gasteiger partial charge on any atom is -0.342 e. The van der Waals surface area contributed by atoms with Crippen LogP contribution >= 0.6 is 0 Å². The maximum Gasteiger partial charge on any atom is 0.233 e. The molecule has 1 fully saturated rings. The lowest BCUT2D eigenvalue weighted by Gasteiger charge is -2.32. The predicted molar refractivity (Wildman–Crippen MR) is 109 cm³/mol. The Kier molecular flexibility index (Phi) is 6.58. The van der Waals surface area contributed by atoms with Gasteiger partial charge in [-0.15, -0.1) is 0 Å². The molecule has 146 valence electrons. The Morgan fingerprint density at radius 1 is 1.00 bits per heavy atom. The van der Waals surface area contributed by atoms with Crippen LogP contribution in [0.1, 0.15) is 42.1 Å². The van der Waals surface area contributed by atoms with Gasteiger partial charge in [-0.1, -0.05) is 42.5 Å². The van der Waals surface area contributed by atoms with Crippen LogP contribution in [0.4, 0.5) is 5.69 Å². The Bertz CT molecular complexity index is 840. The van der Waals surface area contributed by atoms with E-state index in [1.807, 2.05) is 6.07 Å². The van der Waals surface area contributed by atoms with E-state index in [4.69, 9.17) is 0 Å². The molecule has 0 atom stereocenters. The van der Waals surface area contributed by atoms with Gasteiger partial charge in [0.25, 0.3) is 0 Å². The van der Waals surface area contributed by atoms with Gasteiger partial charge >= 0.3 is 0 Å². The summed E-state index contributed by atoms with van der Waals surface area (Å²) < 4.78 is 0. The number of likely N-dealkylation sites (tertiary alicyclic amines) is 1. The Morgan fingerprint density at radius 3 is 2.39 bits per heavy atom. The highest BCUT2D eigenvalue weighted by atomic mass is 16.2. The molecule has 2 aromatic carbocycles. The minimum atomic E-state index is -0.350. The molecule has 5 heteroatoms. The summed E-state index contributed by atoms with van der Waals surface area (Å²) in [4.78, 5) is 37.9. The summed E-state index contributed by atoms with van der Waals surface area (Å²) in [5, 5.41) is 2.71. The fourth-order valence-corrected chi connectivity index (χ4v) is 3.60. The van der Waals surface area contributed by atoms with Gasteiger partial charge in [0.15, 0.2) is 5.78 Å². The first-order chi connectivity index (χ1) is 13.5. The lowest BCUT2D eigenvalue weighted by Crippen LogP contribution is -2.40. The van der Waals surface area contributed by atoms with Crippen LogP contribution in [-0.2, 0) is 16.0 Å². The number of anilines is 1. The number of benzene rings is 2. The van der Waals surface area contributed by atoms with E-state index in [0.29, 0.717) is 30.3 Å². The molecule has 0 unspecified atom stereocenters. The van der Waals surface area contributed by atoms with Gasteiger partial charge in [-0.3, -0.25) is 14.4 Å². The normalized spacial score (nSPS) is 14.5. The quantitative estimate of drug-likeness (QED) is 0.616. The first kappa shape index (κ1) is 19.8. The second-order valence-corrected chi connectivity index (χ2v) is 7.38. The maximum atomic E-state index is 12.4. The Morgan fingerprint density at radius 2 is 1.71 bits per heavy atom. The van der Waals surface area contributed by atoms with Crippen LogP contribution in [0.3, 0.4) is 0 Å². The van der Waals surface area contributed by atoms with E-state index in [1.54, 1.807) is 29.2 Å². The largest absolute Gasteiger partial charge is 0.342 e. The van der Waals surface area contributed by atoms with Crippen molar-refractivity contribution >= 4 is 23.3 Å². The average molecular weight is 378 g/mol. The van der Waals surface area contributed by atoms with Gasteiger partial charge in [-0.25, -0.2) is 0 Å². The molecule has 0 aromatic heterocycles. The van der Waals surface area contributed by atoms with Gasteiger partial charge in [-0.2, -0.15) is 0 Å². The smallest absolute Gasteiger partial charge is 0.233 e. The molecule has 0 radical (unpaired) electrons. The van der Waals surface area contributed by atoms with Crippen molar-refractivity contribution in [2.45, 2.75) is 32.6 Å². The number of carbonyl (C=O) groups is 3. The molecule has 1 heterocycles. The molecular weight excluding hydrogens is 352 g/mol. The van der Waals surface area contributed by atoms with Crippen molar-refractivity contribution in [3.05, 3.63) is 65.7 Å². The highest BCUT2D eigenvalue weighted by molar-refractivity contribution is 6.04. The second kappa shape index (κ2) is 9.31. The van der Waals surface area contributed by atoms with Crippen molar-refractivity contribution in [3.63, 3.8) is 0 Å². The third kappa shape index (κ3) is 5.52. The second-order valence-electron chi connectivity index (χ2n) is 7.38. The highest BCUT2D eigenvalue weighted by Gasteiger charge is 2.24. The zero-order valence-electron chi connectivity index (χ0n) is 16.2. The molecule has 1 aliphatic rings. The van der Waals surface area contributed by atoms with Crippen molar-refractivity contribution in [2.75, 3.05) is 18.4 Å². The van der Waals surface area contributed by atoms with Crippen LogP contribution < -0.4 is 5.32 Å². The molecule has 2 aromatic rings. The van der Waals surface area contributed by atoms with Gasteiger partial charge < -0.3 is 10.2 Å². The van der Waals surface area contributed by atoms with Crippen LogP contribution in [0.2, 0.25) is 0 Å². The first-order valence-electron chi connectivity index (χ1n) is 9.74. The molecule has 0 spiro atoms. The van der Waals surface area contributed by atoms with Crippen molar-refractivity contribution in [2.24, 2.45) is 5.92 Å². The third-order valence-corrected chi connectivity index (χ3v) is 5.20. The van der Waals surface area contributed by atoms with E-state index in [9.17, 15) is 14.4 Å². The number of carbonyl (C=O) groups excluding carboxylic acids is 3. The molecule has 0 aliphatic carbocycles. The number of amides is 2. The van der Waals surface area contributed by atoms with E-state index < -0.39 is 0 Å². The fourth-order valence-electron chi connectivity index (χ4n) is 3.60. The van der Waals surface area contributed by atoms with Crippen LogP contribution in [0.25, 0.3) is 0 Å². The first-order valence-corrected chi connectivity index (χ1v) is 9.74. The van der Waals surface area contributed by atoms with Crippen molar-refractivity contribution < 1.29 is 14.4 Å². The standard InChI is InChI=1S/C23H26N2O3/c1-17(26)20-8-5-9-21(15-20)24-22(27)16-23(28)25-12-10-19(11-13-25)14-18-6-3-2-4-7-18/h2-9,15,19H,10-14,16H2,1H3,(H,24,27). The van der Waals surface area contributed by atoms with Crippen molar-refractivity contribution in [1.29, 1.82) is 0 Å². The summed E-state index contributed by atoms with van der Waals surface area (Å²) in [6.45, 7) is 2.87. The Labute approximate surface area is 165 Å². The van der Waals surface area contributed by atoms with Crippen LogP contribution in [0.15, 0.2) is 54.6 Å². The number of ketones is 1. The van der Waals surface area contributed by atoms with Crippen LogP contribution in [0, 0.1) is 5.92 Å². The van der Waals surface area contributed by atoms with E-state index in [0.717, 1.165) is 19.3 Å². The summed E-state index contributed by atoms with van der Waals surface area (Å²) in [5.41, 5.74) is 2.40. The monoisotopic (exact) mass is 378 g/mol. The van der Waals surface area contributed by atoms with Gasteiger partial charge in [0.05, 0.1) is 0 Å². The average Bonchev–Trinajstić information content (AvgIpc) is 2.69. The number of nitrogens with one attached hydrogen (secondary N) is 1. The van der Waals surface area contributed by atoms with Gasteiger partial charge in [-0.05, 0) is 49.8 Å². The third-order valence-electron chi connectivity index (χ3n) is 5.20. The molecule has 5 nitrogen and oxygen atoms in total. The number of rotatable bonds is 6. The van der Waals surface area contributed by atoms with E-state index in [-0.39, 0.29) is 24.0 Å². The molecule has 1 saturated heterocycles. The van der Waals surface area contributed by atoms with Gasteiger partial charge in [0.2, 0.25) is 11.8 Å². The molecular formula is C23H26N2O3. The highest BCUT2D eigenvalue weighted by Crippen LogP contribution is 2.22. The summed E-state index contributed by atoms with van der Waals surface area (Å²) in [7, 11) is 0. The lowest BCUT2D eigenvalue weighted by molar-refractivity contribution is -0.135. The molecule has 0 saturated carbocycles. The van der Waals surface area contributed by atoms with E-state index >= 15 is 0 Å². The fraction of sp³-hybridized carbons (Fsp3) is 0.348. The molecule has 3 rings (SSSR count). The number of nitrogens with zero attached hydrogens (tertiary/aromatic N) is 1. The summed E-state index contributed by atoms with van der Waals surface area (Å²) >= 11 is 0. The van der Waals surface area contributed by atoms with Gasteiger partial charge in [0.1, 0.15) is 6.42 Å².